The summed E-state index contributed by atoms with van der Waals surface area (Å²) in [6.45, 7) is 2.31. The van der Waals surface area contributed by atoms with Gasteiger partial charge in [0.25, 0.3) is 0 Å². The Morgan fingerprint density at radius 2 is 2.12 bits per heavy atom. The summed E-state index contributed by atoms with van der Waals surface area (Å²) in [6, 6.07) is 3.10. The smallest absolute Gasteiger partial charge is 0.167 e. The van der Waals surface area contributed by atoms with E-state index in [4.69, 9.17) is 10.5 Å². The van der Waals surface area contributed by atoms with E-state index < -0.39 is 0 Å². The Hall–Kier alpha value is -0.900. The van der Waals surface area contributed by atoms with Crippen molar-refractivity contribution in [2.24, 2.45) is 0 Å². The highest BCUT2D eigenvalue weighted by Crippen LogP contribution is 2.39. The Labute approximate surface area is 106 Å². The van der Waals surface area contributed by atoms with Crippen LogP contribution in [0.25, 0.3) is 0 Å². The zero-order valence-electron chi connectivity index (χ0n) is 10.0. The number of ether oxygens (including phenoxy) is 1. The van der Waals surface area contributed by atoms with E-state index in [1.54, 1.807) is 17.8 Å². The number of thioether (sulfide) groups is 1. The van der Waals surface area contributed by atoms with Crippen LogP contribution in [-0.4, -0.2) is 11.9 Å². The third-order valence-corrected chi connectivity index (χ3v) is 4.37. The zero-order valence-corrected chi connectivity index (χ0v) is 10.9. The lowest BCUT2D eigenvalue weighted by Crippen LogP contribution is -2.00. The summed E-state index contributed by atoms with van der Waals surface area (Å²) >= 11 is 1.75. The largest absolute Gasteiger partial charge is 0.491 e. The second-order valence-electron chi connectivity index (χ2n) is 4.28. The summed E-state index contributed by atoms with van der Waals surface area (Å²) < 4.78 is 18.8. The van der Waals surface area contributed by atoms with E-state index in [9.17, 15) is 4.39 Å². The van der Waals surface area contributed by atoms with Crippen molar-refractivity contribution in [1.82, 2.24) is 0 Å². The molecule has 2 nitrogen and oxygen atoms in total. The van der Waals surface area contributed by atoms with Gasteiger partial charge in [-0.1, -0.05) is 12.8 Å². The van der Waals surface area contributed by atoms with Gasteiger partial charge in [0.1, 0.15) is 0 Å². The molecule has 1 fully saturated rings. The highest BCUT2D eigenvalue weighted by atomic mass is 32.2. The van der Waals surface area contributed by atoms with Crippen molar-refractivity contribution in [2.75, 3.05) is 12.3 Å². The third kappa shape index (κ3) is 3.06. The molecule has 1 saturated carbocycles. The molecule has 4 heteroatoms. The van der Waals surface area contributed by atoms with Crippen LogP contribution in [0.15, 0.2) is 17.0 Å². The molecule has 0 spiro atoms. The first-order valence-corrected chi connectivity index (χ1v) is 6.97. The number of nitrogen functional groups attached to an aromatic ring is 1. The molecule has 2 rings (SSSR count). The predicted octanol–water partition coefficient (Wildman–Crippen LogP) is 3.84. The molecule has 0 amide bonds. The van der Waals surface area contributed by atoms with Crippen molar-refractivity contribution < 1.29 is 9.13 Å². The van der Waals surface area contributed by atoms with E-state index in [0.717, 1.165) is 4.90 Å². The van der Waals surface area contributed by atoms with Gasteiger partial charge in [0.2, 0.25) is 0 Å². The molecule has 0 heterocycles. The number of hydrogen-bond donors (Lipinski definition) is 1. The normalized spacial score (nSPS) is 16.4. The van der Waals surface area contributed by atoms with Gasteiger partial charge in [-0.25, -0.2) is 4.39 Å². The van der Waals surface area contributed by atoms with Crippen molar-refractivity contribution in [1.29, 1.82) is 0 Å². The molecule has 0 saturated heterocycles. The van der Waals surface area contributed by atoms with Crippen molar-refractivity contribution in [3.05, 3.63) is 17.9 Å². The average molecular weight is 255 g/mol. The first-order chi connectivity index (χ1) is 8.20. The Kier molecular flexibility index (Phi) is 4.15. The minimum atomic E-state index is -0.375. The van der Waals surface area contributed by atoms with Gasteiger partial charge in [-0.15, -0.1) is 11.8 Å². The number of halogens is 1. The summed E-state index contributed by atoms with van der Waals surface area (Å²) in [7, 11) is 0. The lowest BCUT2D eigenvalue weighted by Gasteiger charge is -2.13. The highest BCUT2D eigenvalue weighted by molar-refractivity contribution is 8.00. The molecule has 1 aliphatic carbocycles. The van der Waals surface area contributed by atoms with Crippen LogP contribution in [0.3, 0.4) is 0 Å². The van der Waals surface area contributed by atoms with E-state index in [1.807, 2.05) is 6.92 Å². The molecule has 0 unspecified atom stereocenters. The van der Waals surface area contributed by atoms with Gasteiger partial charge < -0.3 is 10.5 Å². The SMILES string of the molecule is CCOc1cc(SC2CCCC2)c(N)cc1F. The molecule has 17 heavy (non-hydrogen) atoms. The van der Waals surface area contributed by atoms with Gasteiger partial charge in [0.05, 0.1) is 6.61 Å². The van der Waals surface area contributed by atoms with Gasteiger partial charge in [-0.05, 0) is 25.8 Å². The first-order valence-electron chi connectivity index (χ1n) is 6.09. The number of rotatable bonds is 4. The maximum absolute atomic E-state index is 13.5. The van der Waals surface area contributed by atoms with Crippen LogP contribution < -0.4 is 10.5 Å². The molecule has 0 aromatic heterocycles. The maximum atomic E-state index is 13.5. The third-order valence-electron chi connectivity index (χ3n) is 2.96. The van der Waals surface area contributed by atoms with E-state index in [0.29, 0.717) is 23.3 Å². The minimum Gasteiger partial charge on any atom is -0.491 e. The van der Waals surface area contributed by atoms with Crippen molar-refractivity contribution in [3.8, 4) is 5.75 Å². The molecule has 0 bridgehead atoms. The van der Waals surface area contributed by atoms with E-state index >= 15 is 0 Å². The molecule has 1 aromatic rings. The van der Waals surface area contributed by atoms with Crippen molar-refractivity contribution in [3.63, 3.8) is 0 Å². The summed E-state index contributed by atoms with van der Waals surface area (Å²) in [5.74, 6) is -0.0673. The summed E-state index contributed by atoms with van der Waals surface area (Å²) in [4.78, 5) is 0.946. The molecule has 1 aliphatic rings. The van der Waals surface area contributed by atoms with Gasteiger partial charge >= 0.3 is 0 Å². The van der Waals surface area contributed by atoms with Crippen molar-refractivity contribution in [2.45, 2.75) is 42.8 Å². The molecule has 94 valence electrons. The van der Waals surface area contributed by atoms with Gasteiger partial charge in [0.15, 0.2) is 11.6 Å². The summed E-state index contributed by atoms with van der Waals surface area (Å²) in [5.41, 5.74) is 6.36. The Bertz CT molecular complexity index is 391. The topological polar surface area (TPSA) is 35.2 Å². The Morgan fingerprint density at radius 1 is 1.41 bits per heavy atom. The average Bonchev–Trinajstić information content (AvgIpc) is 2.78. The molecule has 2 N–H and O–H groups in total. The van der Waals surface area contributed by atoms with Crippen LogP contribution in [0.4, 0.5) is 10.1 Å². The molecule has 0 aliphatic heterocycles. The lowest BCUT2D eigenvalue weighted by atomic mass is 10.3. The quantitative estimate of drug-likeness (QED) is 0.830. The van der Waals surface area contributed by atoms with Crippen LogP contribution in [0.5, 0.6) is 5.75 Å². The monoisotopic (exact) mass is 255 g/mol. The Balaban J connectivity index is 2.16. The van der Waals surface area contributed by atoms with Crippen LogP contribution in [0.1, 0.15) is 32.6 Å². The summed E-state index contributed by atoms with van der Waals surface area (Å²) in [6.07, 6.45) is 5.03. The van der Waals surface area contributed by atoms with Crippen LogP contribution in [0, 0.1) is 5.82 Å². The fourth-order valence-corrected chi connectivity index (χ4v) is 3.40. The minimum absolute atomic E-state index is 0.308. The fourth-order valence-electron chi connectivity index (χ4n) is 2.10. The first kappa shape index (κ1) is 12.6. The van der Waals surface area contributed by atoms with Crippen LogP contribution in [0.2, 0.25) is 0 Å². The highest BCUT2D eigenvalue weighted by Gasteiger charge is 2.18. The molecule has 0 radical (unpaired) electrons. The molecule has 0 atom stereocenters. The standard InChI is InChI=1S/C13H18FNOS/c1-2-16-12-8-13(11(15)7-10(12)14)17-9-5-3-4-6-9/h7-9H,2-6,15H2,1H3. The van der Waals surface area contributed by atoms with Crippen LogP contribution in [-0.2, 0) is 0 Å². The maximum Gasteiger partial charge on any atom is 0.167 e. The van der Waals surface area contributed by atoms with Crippen molar-refractivity contribution >= 4 is 17.4 Å². The number of benzene rings is 1. The van der Waals surface area contributed by atoms with E-state index in [-0.39, 0.29) is 5.82 Å². The Morgan fingerprint density at radius 3 is 2.76 bits per heavy atom. The van der Waals surface area contributed by atoms with E-state index in [1.165, 1.54) is 31.7 Å². The second-order valence-corrected chi connectivity index (χ2v) is 5.62. The number of anilines is 1. The second kappa shape index (κ2) is 5.63. The molecular weight excluding hydrogens is 237 g/mol. The number of hydrogen-bond acceptors (Lipinski definition) is 3. The zero-order chi connectivity index (χ0) is 12.3. The van der Waals surface area contributed by atoms with Crippen LogP contribution >= 0.6 is 11.8 Å². The number of nitrogens with two attached hydrogens (primary N) is 1. The predicted molar refractivity (Wildman–Crippen MR) is 70.1 cm³/mol. The lowest BCUT2D eigenvalue weighted by molar-refractivity contribution is 0.321. The van der Waals surface area contributed by atoms with Gasteiger partial charge in [0, 0.05) is 21.9 Å². The summed E-state index contributed by atoms with van der Waals surface area (Å²) in [5, 5.41) is 0.622. The molecular formula is C13H18FNOS. The van der Waals surface area contributed by atoms with Gasteiger partial charge in [-0.2, -0.15) is 0 Å². The molecule has 1 aromatic carbocycles. The fraction of sp³-hybridized carbons (Fsp3) is 0.538. The van der Waals surface area contributed by atoms with Gasteiger partial charge in [-0.3, -0.25) is 0 Å². The van der Waals surface area contributed by atoms with E-state index in [2.05, 4.69) is 0 Å².